The molecular formula is C21H22N2O6. The minimum atomic E-state index is -1.12. The summed E-state index contributed by atoms with van der Waals surface area (Å²) in [5, 5.41) is 13.6. The molecule has 152 valence electrons. The zero-order valence-corrected chi connectivity index (χ0v) is 15.7. The number of carboxylic acids is 1. The number of hydrogen-bond donors (Lipinski definition) is 3. The SMILES string of the molecule is O=C(O)CNC(=O)c1ccc(NC(=O)c2ccc(OCC3CCCO3)cc2)cc1. The van der Waals surface area contributed by atoms with Crippen LogP contribution in [0.3, 0.4) is 0 Å². The maximum absolute atomic E-state index is 12.4. The number of aliphatic carboxylic acids is 1. The number of carbonyl (C=O) groups excluding carboxylic acids is 2. The summed E-state index contributed by atoms with van der Waals surface area (Å²) in [4.78, 5) is 34.7. The van der Waals surface area contributed by atoms with E-state index in [1.165, 1.54) is 12.1 Å². The van der Waals surface area contributed by atoms with Gasteiger partial charge in [-0.3, -0.25) is 14.4 Å². The van der Waals surface area contributed by atoms with Crippen molar-refractivity contribution in [3.05, 3.63) is 59.7 Å². The average molecular weight is 398 g/mol. The number of benzene rings is 2. The predicted octanol–water partition coefficient (Wildman–Crippen LogP) is 2.31. The molecule has 1 heterocycles. The second-order valence-corrected chi connectivity index (χ2v) is 6.58. The van der Waals surface area contributed by atoms with Crippen LogP contribution in [0.15, 0.2) is 48.5 Å². The first-order valence-electron chi connectivity index (χ1n) is 9.27. The fraction of sp³-hybridized carbons (Fsp3) is 0.286. The van der Waals surface area contributed by atoms with E-state index >= 15 is 0 Å². The van der Waals surface area contributed by atoms with Crippen LogP contribution in [0, 0.1) is 0 Å². The highest BCUT2D eigenvalue weighted by Crippen LogP contribution is 2.18. The Hall–Kier alpha value is -3.39. The Kier molecular flexibility index (Phi) is 6.80. The second-order valence-electron chi connectivity index (χ2n) is 6.58. The van der Waals surface area contributed by atoms with Gasteiger partial charge in [0.05, 0.1) is 6.10 Å². The van der Waals surface area contributed by atoms with Gasteiger partial charge in [0.2, 0.25) is 0 Å². The van der Waals surface area contributed by atoms with Gasteiger partial charge in [0.15, 0.2) is 0 Å². The second kappa shape index (κ2) is 9.70. The molecule has 2 aromatic rings. The van der Waals surface area contributed by atoms with Gasteiger partial charge in [-0.2, -0.15) is 0 Å². The Morgan fingerprint density at radius 2 is 1.66 bits per heavy atom. The van der Waals surface area contributed by atoms with E-state index in [1.54, 1.807) is 36.4 Å². The van der Waals surface area contributed by atoms with E-state index in [-0.39, 0.29) is 12.0 Å². The number of anilines is 1. The topological polar surface area (TPSA) is 114 Å². The third-order valence-electron chi connectivity index (χ3n) is 4.38. The molecule has 0 radical (unpaired) electrons. The van der Waals surface area contributed by atoms with Crippen molar-refractivity contribution in [1.82, 2.24) is 5.32 Å². The minimum absolute atomic E-state index is 0.132. The molecule has 8 nitrogen and oxygen atoms in total. The van der Waals surface area contributed by atoms with E-state index < -0.39 is 18.4 Å². The maximum Gasteiger partial charge on any atom is 0.322 e. The monoisotopic (exact) mass is 398 g/mol. The molecule has 1 saturated heterocycles. The van der Waals surface area contributed by atoms with Crippen LogP contribution < -0.4 is 15.4 Å². The van der Waals surface area contributed by atoms with Crippen molar-refractivity contribution in [3.8, 4) is 5.75 Å². The normalized spacial score (nSPS) is 15.5. The lowest BCUT2D eigenvalue weighted by molar-refractivity contribution is -0.135. The molecule has 2 aromatic carbocycles. The molecule has 1 fully saturated rings. The Bertz CT molecular complexity index is 858. The van der Waals surface area contributed by atoms with Crippen molar-refractivity contribution in [3.63, 3.8) is 0 Å². The lowest BCUT2D eigenvalue weighted by Crippen LogP contribution is -2.29. The van der Waals surface area contributed by atoms with Gasteiger partial charge in [-0.1, -0.05) is 0 Å². The molecule has 0 saturated carbocycles. The summed E-state index contributed by atoms with van der Waals surface area (Å²) in [6.45, 7) is 0.823. The molecule has 1 unspecified atom stereocenters. The van der Waals surface area contributed by atoms with Crippen LogP contribution in [-0.4, -0.2) is 48.8 Å². The summed E-state index contributed by atoms with van der Waals surface area (Å²) in [7, 11) is 0. The molecule has 3 N–H and O–H groups in total. The zero-order valence-electron chi connectivity index (χ0n) is 15.7. The number of nitrogens with one attached hydrogen (secondary N) is 2. The van der Waals surface area contributed by atoms with E-state index in [1.807, 2.05) is 0 Å². The van der Waals surface area contributed by atoms with E-state index in [0.717, 1.165) is 19.4 Å². The van der Waals surface area contributed by atoms with Gasteiger partial charge < -0.3 is 25.2 Å². The van der Waals surface area contributed by atoms with Crippen LogP contribution in [0.25, 0.3) is 0 Å². The first kappa shape index (κ1) is 20.3. The predicted molar refractivity (Wildman–Crippen MR) is 105 cm³/mol. The molecule has 0 aliphatic carbocycles. The van der Waals surface area contributed by atoms with Crippen molar-refractivity contribution < 1.29 is 29.0 Å². The smallest absolute Gasteiger partial charge is 0.322 e. The Morgan fingerprint density at radius 1 is 1.00 bits per heavy atom. The van der Waals surface area contributed by atoms with Gasteiger partial charge in [-0.25, -0.2) is 0 Å². The summed E-state index contributed by atoms with van der Waals surface area (Å²) in [6.07, 6.45) is 2.19. The molecule has 1 aliphatic rings. The summed E-state index contributed by atoms with van der Waals surface area (Å²) in [5.41, 5.74) is 1.29. The Morgan fingerprint density at radius 3 is 2.28 bits per heavy atom. The highest BCUT2D eigenvalue weighted by Gasteiger charge is 2.16. The average Bonchev–Trinajstić information content (AvgIpc) is 3.25. The lowest BCUT2D eigenvalue weighted by Gasteiger charge is -2.12. The summed E-state index contributed by atoms with van der Waals surface area (Å²) < 4.78 is 11.2. The van der Waals surface area contributed by atoms with Crippen molar-refractivity contribution in [1.29, 1.82) is 0 Å². The number of amides is 2. The molecule has 0 bridgehead atoms. The third kappa shape index (κ3) is 6.05. The maximum atomic E-state index is 12.4. The van der Waals surface area contributed by atoms with Crippen LogP contribution in [0.1, 0.15) is 33.6 Å². The highest BCUT2D eigenvalue weighted by molar-refractivity contribution is 6.04. The van der Waals surface area contributed by atoms with E-state index in [2.05, 4.69) is 10.6 Å². The molecule has 0 spiro atoms. The largest absolute Gasteiger partial charge is 0.491 e. The summed E-state index contributed by atoms with van der Waals surface area (Å²) in [5.74, 6) is -1.23. The minimum Gasteiger partial charge on any atom is -0.491 e. The molecule has 0 aromatic heterocycles. The van der Waals surface area contributed by atoms with Crippen molar-refractivity contribution in [2.45, 2.75) is 18.9 Å². The van der Waals surface area contributed by atoms with Gasteiger partial charge >= 0.3 is 5.97 Å². The van der Waals surface area contributed by atoms with Crippen LogP contribution >= 0.6 is 0 Å². The van der Waals surface area contributed by atoms with Gasteiger partial charge in [0.25, 0.3) is 11.8 Å². The van der Waals surface area contributed by atoms with Gasteiger partial charge in [-0.15, -0.1) is 0 Å². The molecule has 3 rings (SSSR count). The lowest BCUT2D eigenvalue weighted by atomic mass is 10.1. The first-order chi connectivity index (χ1) is 14.0. The highest BCUT2D eigenvalue weighted by atomic mass is 16.5. The van der Waals surface area contributed by atoms with Crippen molar-refractivity contribution in [2.75, 3.05) is 25.1 Å². The number of hydrogen-bond acceptors (Lipinski definition) is 5. The van der Waals surface area contributed by atoms with Gasteiger partial charge in [-0.05, 0) is 61.4 Å². The van der Waals surface area contributed by atoms with Gasteiger partial charge in [0, 0.05) is 23.4 Å². The molecule has 8 heteroatoms. The third-order valence-corrected chi connectivity index (χ3v) is 4.38. The molecule has 2 amide bonds. The summed E-state index contributed by atoms with van der Waals surface area (Å²) in [6, 6.07) is 13.0. The first-order valence-corrected chi connectivity index (χ1v) is 9.27. The Balaban J connectivity index is 1.51. The fourth-order valence-corrected chi connectivity index (χ4v) is 2.83. The fourth-order valence-electron chi connectivity index (χ4n) is 2.83. The quantitative estimate of drug-likeness (QED) is 0.629. The number of ether oxygens (including phenoxy) is 2. The molecule has 1 atom stereocenters. The van der Waals surface area contributed by atoms with Crippen molar-refractivity contribution in [2.24, 2.45) is 0 Å². The summed E-state index contributed by atoms with van der Waals surface area (Å²) >= 11 is 0. The molecule has 1 aliphatic heterocycles. The number of carboxylic acid groups (broad SMARTS) is 1. The van der Waals surface area contributed by atoms with Crippen LogP contribution in [-0.2, 0) is 9.53 Å². The standard InChI is InChI=1S/C21H22N2O6/c24-19(25)12-22-20(26)14-3-7-16(8-4-14)23-21(27)15-5-9-17(10-6-15)29-13-18-2-1-11-28-18/h3-10,18H,1-2,11-13H2,(H,22,26)(H,23,27)(H,24,25). The van der Waals surface area contributed by atoms with Crippen LogP contribution in [0.5, 0.6) is 5.75 Å². The van der Waals surface area contributed by atoms with Crippen LogP contribution in [0.2, 0.25) is 0 Å². The van der Waals surface area contributed by atoms with E-state index in [9.17, 15) is 14.4 Å². The number of rotatable bonds is 8. The number of carbonyl (C=O) groups is 3. The Labute approximate surface area is 167 Å². The van der Waals surface area contributed by atoms with E-state index in [4.69, 9.17) is 14.6 Å². The van der Waals surface area contributed by atoms with Crippen molar-refractivity contribution >= 4 is 23.5 Å². The molecule has 29 heavy (non-hydrogen) atoms. The molecular weight excluding hydrogens is 376 g/mol. The van der Waals surface area contributed by atoms with Crippen LogP contribution in [0.4, 0.5) is 5.69 Å². The van der Waals surface area contributed by atoms with Gasteiger partial charge in [0.1, 0.15) is 18.9 Å². The van der Waals surface area contributed by atoms with E-state index in [0.29, 0.717) is 29.2 Å². The zero-order chi connectivity index (χ0) is 20.6.